The van der Waals surface area contributed by atoms with Gasteiger partial charge in [-0.15, -0.1) is 0 Å². The lowest BCUT2D eigenvalue weighted by Crippen LogP contribution is -2.45. The Balaban J connectivity index is 2.47. The van der Waals surface area contributed by atoms with Crippen molar-refractivity contribution in [2.24, 2.45) is 5.73 Å². The summed E-state index contributed by atoms with van der Waals surface area (Å²) in [4.78, 5) is 43.8. The van der Waals surface area contributed by atoms with E-state index >= 15 is 0 Å². The summed E-state index contributed by atoms with van der Waals surface area (Å²) >= 11 is 0. The second-order valence-corrected chi connectivity index (χ2v) is 4.95. The summed E-state index contributed by atoms with van der Waals surface area (Å²) in [5.41, 5.74) is 5.83. The van der Waals surface area contributed by atoms with E-state index in [2.05, 4.69) is 5.32 Å². The minimum absolute atomic E-state index is 0.0404. The molecule has 1 atom stereocenters. The Morgan fingerprint density at radius 3 is 2.21 bits per heavy atom. The molecular formula is C15H18N2O7. The highest BCUT2D eigenvalue weighted by molar-refractivity contribution is 5.89. The summed E-state index contributed by atoms with van der Waals surface area (Å²) in [6.07, 6.45) is -0.182. The Hall–Kier alpha value is -3.10. The van der Waals surface area contributed by atoms with Crippen molar-refractivity contribution in [3.05, 3.63) is 29.8 Å². The van der Waals surface area contributed by atoms with Crippen LogP contribution in [0, 0.1) is 0 Å². The molecule has 0 aliphatic carbocycles. The lowest BCUT2D eigenvalue weighted by Gasteiger charge is -2.13. The second-order valence-electron chi connectivity index (χ2n) is 4.95. The number of carbonyl (C=O) groups is 4. The first-order valence-corrected chi connectivity index (χ1v) is 7.02. The van der Waals surface area contributed by atoms with Crippen LogP contribution in [0.1, 0.15) is 18.4 Å². The third-order valence-corrected chi connectivity index (χ3v) is 2.98. The van der Waals surface area contributed by atoms with Crippen molar-refractivity contribution in [2.45, 2.75) is 25.3 Å². The molecule has 1 aromatic carbocycles. The van der Waals surface area contributed by atoms with Crippen molar-refractivity contribution >= 4 is 23.8 Å². The molecule has 1 rings (SSSR count). The van der Waals surface area contributed by atoms with Gasteiger partial charge >= 0.3 is 11.9 Å². The van der Waals surface area contributed by atoms with Crippen LogP contribution in [0.5, 0.6) is 5.75 Å². The summed E-state index contributed by atoms with van der Waals surface area (Å²) in [6, 6.07) is 5.25. The standard InChI is InChI=1S/C15H18N2O7/c16-15(23)11(7-13(19)20)17-12(18)6-3-9-1-4-10(5-2-9)24-8-14(21)22/h1-2,4-5,11H,3,6-8H2,(H2,16,23)(H,17,18)(H,19,20)(H,21,22)/t11-/m0/s1. The molecule has 0 aliphatic heterocycles. The van der Waals surface area contributed by atoms with E-state index in [0.717, 1.165) is 5.56 Å². The molecule has 0 saturated heterocycles. The highest BCUT2D eigenvalue weighted by atomic mass is 16.5. The van der Waals surface area contributed by atoms with Crippen molar-refractivity contribution in [2.75, 3.05) is 6.61 Å². The van der Waals surface area contributed by atoms with Crippen LogP contribution < -0.4 is 15.8 Å². The van der Waals surface area contributed by atoms with Gasteiger partial charge < -0.3 is 26.0 Å². The Morgan fingerprint density at radius 1 is 1.08 bits per heavy atom. The molecule has 1 aromatic rings. The second kappa shape index (κ2) is 9.13. The predicted molar refractivity (Wildman–Crippen MR) is 81.3 cm³/mol. The van der Waals surface area contributed by atoms with Crippen LogP contribution in [-0.4, -0.2) is 46.6 Å². The zero-order chi connectivity index (χ0) is 18.1. The van der Waals surface area contributed by atoms with Gasteiger partial charge in [0.25, 0.3) is 0 Å². The number of primary amides is 1. The molecule has 24 heavy (non-hydrogen) atoms. The molecule has 0 aromatic heterocycles. The topological polar surface area (TPSA) is 156 Å². The number of nitrogens with one attached hydrogen (secondary N) is 1. The Morgan fingerprint density at radius 2 is 1.71 bits per heavy atom. The van der Waals surface area contributed by atoms with E-state index in [1.807, 2.05) is 0 Å². The third-order valence-electron chi connectivity index (χ3n) is 2.98. The first kappa shape index (κ1) is 18.9. The van der Waals surface area contributed by atoms with Crippen LogP contribution in [0.15, 0.2) is 24.3 Å². The number of ether oxygens (including phenoxy) is 1. The van der Waals surface area contributed by atoms with Gasteiger partial charge in [-0.05, 0) is 24.1 Å². The number of amides is 2. The van der Waals surface area contributed by atoms with E-state index in [1.165, 1.54) is 0 Å². The summed E-state index contributed by atoms with van der Waals surface area (Å²) < 4.78 is 4.98. The fourth-order valence-electron chi connectivity index (χ4n) is 1.82. The van der Waals surface area contributed by atoms with E-state index in [4.69, 9.17) is 20.7 Å². The van der Waals surface area contributed by atoms with Gasteiger partial charge in [0.1, 0.15) is 11.8 Å². The number of hydrogen-bond acceptors (Lipinski definition) is 5. The van der Waals surface area contributed by atoms with Crippen LogP contribution in [0.25, 0.3) is 0 Å². The number of nitrogens with two attached hydrogens (primary N) is 1. The summed E-state index contributed by atoms with van der Waals surface area (Å²) in [6.45, 7) is -0.445. The number of aliphatic carboxylic acids is 2. The Labute approximate surface area is 137 Å². The number of carbonyl (C=O) groups excluding carboxylic acids is 2. The van der Waals surface area contributed by atoms with E-state index < -0.39 is 42.8 Å². The Kier molecular flexibility index (Phi) is 7.21. The Bertz CT molecular complexity index is 613. The molecule has 0 fully saturated rings. The molecule has 0 bridgehead atoms. The van der Waals surface area contributed by atoms with Crippen LogP contribution >= 0.6 is 0 Å². The average molecular weight is 338 g/mol. The minimum atomic E-state index is -1.25. The predicted octanol–water partition coefficient (Wildman–Crippen LogP) is -0.473. The van der Waals surface area contributed by atoms with Crippen LogP contribution in [-0.2, 0) is 25.6 Å². The fraction of sp³-hybridized carbons (Fsp3) is 0.333. The number of carboxylic acid groups (broad SMARTS) is 2. The maximum absolute atomic E-state index is 11.8. The number of aryl methyl sites for hydroxylation is 1. The summed E-state index contributed by atoms with van der Waals surface area (Å²) in [5, 5.41) is 19.4. The number of hydrogen-bond donors (Lipinski definition) is 4. The van der Waals surface area contributed by atoms with E-state index in [0.29, 0.717) is 12.2 Å². The van der Waals surface area contributed by atoms with Crippen LogP contribution in [0.3, 0.4) is 0 Å². The molecule has 0 heterocycles. The van der Waals surface area contributed by atoms with Gasteiger partial charge in [-0.1, -0.05) is 12.1 Å². The lowest BCUT2D eigenvalue weighted by molar-refractivity contribution is -0.140. The summed E-state index contributed by atoms with van der Waals surface area (Å²) in [7, 11) is 0. The number of carboxylic acids is 2. The van der Waals surface area contributed by atoms with Crippen molar-refractivity contribution in [1.29, 1.82) is 0 Å². The maximum Gasteiger partial charge on any atom is 0.341 e. The molecule has 0 spiro atoms. The number of rotatable bonds is 10. The zero-order valence-electron chi connectivity index (χ0n) is 12.7. The molecule has 0 saturated carbocycles. The van der Waals surface area contributed by atoms with Gasteiger partial charge in [0, 0.05) is 6.42 Å². The molecule has 0 radical (unpaired) electrons. The van der Waals surface area contributed by atoms with Gasteiger partial charge in [0.2, 0.25) is 11.8 Å². The minimum Gasteiger partial charge on any atom is -0.482 e. The van der Waals surface area contributed by atoms with Crippen molar-refractivity contribution in [3.63, 3.8) is 0 Å². The van der Waals surface area contributed by atoms with Crippen molar-refractivity contribution < 1.29 is 34.1 Å². The zero-order valence-corrected chi connectivity index (χ0v) is 12.7. The molecule has 5 N–H and O–H groups in total. The molecular weight excluding hydrogens is 320 g/mol. The van der Waals surface area contributed by atoms with Crippen LogP contribution in [0.4, 0.5) is 0 Å². The molecule has 130 valence electrons. The van der Waals surface area contributed by atoms with Crippen molar-refractivity contribution in [1.82, 2.24) is 5.32 Å². The van der Waals surface area contributed by atoms with Gasteiger partial charge in [-0.2, -0.15) is 0 Å². The molecule has 9 heteroatoms. The smallest absolute Gasteiger partial charge is 0.341 e. The fourth-order valence-corrected chi connectivity index (χ4v) is 1.82. The molecule has 0 unspecified atom stereocenters. The first-order chi connectivity index (χ1) is 11.3. The SMILES string of the molecule is NC(=O)[C@H](CC(=O)O)NC(=O)CCc1ccc(OCC(=O)O)cc1. The van der Waals surface area contributed by atoms with E-state index in [9.17, 15) is 19.2 Å². The highest BCUT2D eigenvalue weighted by Crippen LogP contribution is 2.13. The molecule has 2 amide bonds. The monoisotopic (exact) mass is 338 g/mol. The quantitative estimate of drug-likeness (QED) is 0.449. The highest BCUT2D eigenvalue weighted by Gasteiger charge is 2.20. The van der Waals surface area contributed by atoms with Gasteiger partial charge in [-0.25, -0.2) is 4.79 Å². The summed E-state index contributed by atoms with van der Waals surface area (Å²) in [5.74, 6) is -3.34. The molecule has 0 aliphatic rings. The van der Waals surface area contributed by atoms with E-state index in [-0.39, 0.29) is 6.42 Å². The van der Waals surface area contributed by atoms with Gasteiger partial charge in [0.05, 0.1) is 6.42 Å². The lowest BCUT2D eigenvalue weighted by atomic mass is 10.1. The van der Waals surface area contributed by atoms with Gasteiger partial charge in [-0.3, -0.25) is 14.4 Å². The van der Waals surface area contributed by atoms with Crippen molar-refractivity contribution in [3.8, 4) is 5.75 Å². The maximum atomic E-state index is 11.8. The third kappa shape index (κ3) is 7.25. The van der Waals surface area contributed by atoms with Crippen LogP contribution in [0.2, 0.25) is 0 Å². The molecule has 9 nitrogen and oxygen atoms in total. The largest absolute Gasteiger partial charge is 0.482 e. The average Bonchev–Trinajstić information content (AvgIpc) is 2.50. The number of benzene rings is 1. The normalized spacial score (nSPS) is 11.3. The van der Waals surface area contributed by atoms with Gasteiger partial charge in [0.15, 0.2) is 6.61 Å². The first-order valence-electron chi connectivity index (χ1n) is 7.02. The van der Waals surface area contributed by atoms with E-state index in [1.54, 1.807) is 24.3 Å².